The lowest BCUT2D eigenvalue weighted by Crippen LogP contribution is -2.09. The average Bonchev–Trinajstić information content (AvgIpc) is 3.02. The second-order valence-electron chi connectivity index (χ2n) is 6.25. The maximum atomic E-state index is 5.94. The minimum Gasteiger partial charge on any atom is -0.492 e. The molecule has 0 saturated carbocycles. The van der Waals surface area contributed by atoms with Crippen molar-refractivity contribution in [3.8, 4) is 17.1 Å². The number of aromatic nitrogens is 2. The highest BCUT2D eigenvalue weighted by atomic mass is 79.9. The monoisotopic (exact) mass is 406 g/mol. The third kappa shape index (κ3) is 3.51. The largest absolute Gasteiger partial charge is 0.492 e. The number of aryl methyl sites for hydroxylation is 1. The summed E-state index contributed by atoms with van der Waals surface area (Å²) in [5.74, 6) is 1.85. The van der Waals surface area contributed by atoms with Gasteiger partial charge in [-0.25, -0.2) is 4.98 Å². The molecule has 0 atom stereocenters. The molecule has 0 radical (unpaired) electrons. The minimum absolute atomic E-state index is 0.588. The van der Waals surface area contributed by atoms with Crippen LogP contribution in [0, 0.1) is 6.92 Å². The lowest BCUT2D eigenvalue weighted by atomic mass is 10.2. The molecule has 0 amide bonds. The van der Waals surface area contributed by atoms with E-state index in [1.807, 2.05) is 42.5 Å². The first-order valence-corrected chi connectivity index (χ1v) is 9.41. The molecule has 3 aromatic carbocycles. The van der Waals surface area contributed by atoms with Crippen molar-refractivity contribution in [1.82, 2.24) is 9.55 Å². The van der Waals surface area contributed by atoms with Gasteiger partial charge in [-0.2, -0.15) is 0 Å². The molecule has 1 aromatic heterocycles. The molecular formula is C22H19BrN2O. The van der Waals surface area contributed by atoms with E-state index in [1.54, 1.807) is 0 Å². The van der Waals surface area contributed by atoms with E-state index in [0.717, 1.165) is 39.2 Å². The van der Waals surface area contributed by atoms with Gasteiger partial charge in [0.25, 0.3) is 0 Å². The maximum Gasteiger partial charge on any atom is 0.141 e. The minimum atomic E-state index is 0.588. The second-order valence-corrected chi connectivity index (χ2v) is 7.16. The van der Waals surface area contributed by atoms with Gasteiger partial charge in [-0.05, 0) is 43.3 Å². The summed E-state index contributed by atoms with van der Waals surface area (Å²) in [4.78, 5) is 4.85. The van der Waals surface area contributed by atoms with Crippen molar-refractivity contribution in [2.75, 3.05) is 6.61 Å². The standard InChI is InChI=1S/C22H19BrN2O/c1-16-9-11-19(12-10-16)26-14-13-25-21-8-3-2-7-20(21)24-22(25)17-5-4-6-18(23)15-17/h2-12,15H,13-14H2,1H3. The number of nitrogens with zero attached hydrogens (tertiary/aromatic N) is 2. The highest BCUT2D eigenvalue weighted by molar-refractivity contribution is 9.10. The number of rotatable bonds is 5. The predicted octanol–water partition coefficient (Wildman–Crippen LogP) is 5.85. The average molecular weight is 407 g/mol. The zero-order valence-corrected chi connectivity index (χ0v) is 16.1. The first kappa shape index (κ1) is 16.9. The summed E-state index contributed by atoms with van der Waals surface area (Å²) in [6, 6.07) is 24.6. The number of benzene rings is 3. The Labute approximate surface area is 161 Å². The van der Waals surface area contributed by atoms with Crippen LogP contribution >= 0.6 is 15.9 Å². The van der Waals surface area contributed by atoms with Gasteiger partial charge < -0.3 is 9.30 Å². The molecule has 4 aromatic rings. The Kier molecular flexibility index (Phi) is 4.76. The normalized spacial score (nSPS) is 11.0. The third-order valence-electron chi connectivity index (χ3n) is 4.34. The Morgan fingerprint density at radius 2 is 1.77 bits per heavy atom. The van der Waals surface area contributed by atoms with Crippen LogP contribution in [-0.4, -0.2) is 16.2 Å². The SMILES string of the molecule is Cc1ccc(OCCn2c(-c3cccc(Br)c3)nc3ccccc32)cc1. The Balaban J connectivity index is 1.64. The van der Waals surface area contributed by atoms with Gasteiger partial charge in [-0.15, -0.1) is 0 Å². The molecule has 1 heterocycles. The molecule has 4 rings (SSSR count). The van der Waals surface area contributed by atoms with Crippen molar-refractivity contribution in [1.29, 1.82) is 0 Å². The molecular weight excluding hydrogens is 388 g/mol. The van der Waals surface area contributed by atoms with Crippen molar-refractivity contribution in [3.63, 3.8) is 0 Å². The van der Waals surface area contributed by atoms with E-state index in [4.69, 9.17) is 9.72 Å². The fourth-order valence-electron chi connectivity index (χ4n) is 3.04. The summed E-state index contributed by atoms with van der Waals surface area (Å²) in [5, 5.41) is 0. The van der Waals surface area contributed by atoms with Gasteiger partial charge in [-0.1, -0.05) is 57.9 Å². The Morgan fingerprint density at radius 1 is 0.962 bits per heavy atom. The van der Waals surface area contributed by atoms with Gasteiger partial charge in [0.05, 0.1) is 17.6 Å². The van der Waals surface area contributed by atoms with E-state index in [-0.39, 0.29) is 0 Å². The van der Waals surface area contributed by atoms with Gasteiger partial charge in [0, 0.05) is 10.0 Å². The molecule has 0 aliphatic heterocycles. The third-order valence-corrected chi connectivity index (χ3v) is 4.84. The number of hydrogen-bond donors (Lipinski definition) is 0. The van der Waals surface area contributed by atoms with E-state index in [9.17, 15) is 0 Å². The summed E-state index contributed by atoms with van der Waals surface area (Å²) in [7, 11) is 0. The van der Waals surface area contributed by atoms with Crippen LogP contribution < -0.4 is 4.74 Å². The van der Waals surface area contributed by atoms with Crippen LogP contribution in [-0.2, 0) is 6.54 Å². The summed E-state index contributed by atoms with van der Waals surface area (Å²) < 4.78 is 9.21. The molecule has 130 valence electrons. The zero-order chi connectivity index (χ0) is 17.9. The van der Waals surface area contributed by atoms with E-state index < -0.39 is 0 Å². The number of para-hydroxylation sites is 2. The molecule has 0 N–H and O–H groups in total. The molecule has 0 aliphatic rings. The topological polar surface area (TPSA) is 27.1 Å². The summed E-state index contributed by atoms with van der Waals surface area (Å²) in [5.41, 5.74) is 4.44. The molecule has 0 fully saturated rings. The van der Waals surface area contributed by atoms with Crippen LogP contribution in [0.5, 0.6) is 5.75 Å². The van der Waals surface area contributed by atoms with Gasteiger partial charge in [0.1, 0.15) is 18.2 Å². The van der Waals surface area contributed by atoms with E-state index in [0.29, 0.717) is 6.61 Å². The van der Waals surface area contributed by atoms with Crippen LogP contribution in [0.2, 0.25) is 0 Å². The molecule has 4 heteroatoms. The Morgan fingerprint density at radius 3 is 2.58 bits per heavy atom. The van der Waals surface area contributed by atoms with Gasteiger partial charge >= 0.3 is 0 Å². The molecule has 0 aliphatic carbocycles. The highest BCUT2D eigenvalue weighted by Gasteiger charge is 2.12. The summed E-state index contributed by atoms with van der Waals surface area (Å²) in [6.07, 6.45) is 0. The van der Waals surface area contributed by atoms with Crippen molar-refractivity contribution >= 4 is 27.0 Å². The van der Waals surface area contributed by atoms with Crippen molar-refractivity contribution in [2.45, 2.75) is 13.5 Å². The molecule has 3 nitrogen and oxygen atoms in total. The van der Waals surface area contributed by atoms with Gasteiger partial charge in [-0.3, -0.25) is 0 Å². The molecule has 0 saturated heterocycles. The fourth-order valence-corrected chi connectivity index (χ4v) is 3.44. The first-order valence-electron chi connectivity index (χ1n) is 8.61. The fraction of sp³-hybridized carbons (Fsp3) is 0.136. The quantitative estimate of drug-likeness (QED) is 0.415. The number of imidazole rings is 1. The molecule has 26 heavy (non-hydrogen) atoms. The van der Waals surface area contributed by atoms with Crippen LogP contribution in [0.25, 0.3) is 22.4 Å². The smallest absolute Gasteiger partial charge is 0.141 e. The zero-order valence-electron chi connectivity index (χ0n) is 14.5. The lowest BCUT2D eigenvalue weighted by Gasteiger charge is -2.11. The molecule has 0 spiro atoms. The lowest BCUT2D eigenvalue weighted by molar-refractivity contribution is 0.301. The van der Waals surface area contributed by atoms with Crippen molar-refractivity contribution in [2.24, 2.45) is 0 Å². The number of hydrogen-bond acceptors (Lipinski definition) is 2. The second kappa shape index (κ2) is 7.34. The summed E-state index contributed by atoms with van der Waals surface area (Å²) >= 11 is 3.56. The van der Waals surface area contributed by atoms with Gasteiger partial charge in [0.2, 0.25) is 0 Å². The van der Waals surface area contributed by atoms with Crippen LogP contribution in [0.15, 0.2) is 77.3 Å². The van der Waals surface area contributed by atoms with Crippen LogP contribution in [0.3, 0.4) is 0 Å². The number of fused-ring (bicyclic) bond motifs is 1. The van der Waals surface area contributed by atoms with Crippen molar-refractivity contribution < 1.29 is 4.74 Å². The number of ether oxygens (including phenoxy) is 1. The van der Waals surface area contributed by atoms with Gasteiger partial charge in [0.15, 0.2) is 0 Å². The van der Waals surface area contributed by atoms with E-state index >= 15 is 0 Å². The predicted molar refractivity (Wildman–Crippen MR) is 110 cm³/mol. The first-order chi connectivity index (χ1) is 12.7. The maximum absolute atomic E-state index is 5.94. The molecule has 0 bridgehead atoms. The van der Waals surface area contributed by atoms with E-state index in [1.165, 1.54) is 5.56 Å². The highest BCUT2D eigenvalue weighted by Crippen LogP contribution is 2.27. The van der Waals surface area contributed by atoms with Crippen molar-refractivity contribution in [3.05, 3.63) is 82.8 Å². The van der Waals surface area contributed by atoms with Crippen LogP contribution in [0.1, 0.15) is 5.56 Å². The van der Waals surface area contributed by atoms with E-state index in [2.05, 4.69) is 57.8 Å². The summed E-state index contributed by atoms with van der Waals surface area (Å²) in [6.45, 7) is 3.40. The Bertz CT molecular complexity index is 1040. The van der Waals surface area contributed by atoms with Crippen LogP contribution in [0.4, 0.5) is 0 Å². The molecule has 0 unspecified atom stereocenters. The number of halogens is 1. The Hall–Kier alpha value is -2.59.